The van der Waals surface area contributed by atoms with Crippen molar-refractivity contribution in [2.24, 2.45) is 12.0 Å². The van der Waals surface area contributed by atoms with Gasteiger partial charge >= 0.3 is 0 Å². The fourth-order valence-corrected chi connectivity index (χ4v) is 2.95. The molecule has 0 unspecified atom stereocenters. The first kappa shape index (κ1) is 20.0. The highest BCUT2D eigenvalue weighted by Gasteiger charge is 2.10. The Morgan fingerprint density at radius 1 is 1.35 bits per heavy atom. The number of benzene rings is 1. The third-order valence-corrected chi connectivity index (χ3v) is 4.63. The van der Waals surface area contributed by atoms with Crippen LogP contribution in [0.5, 0.6) is 0 Å². The van der Waals surface area contributed by atoms with Gasteiger partial charge in [-0.25, -0.2) is 0 Å². The fourth-order valence-electron chi connectivity index (χ4n) is 2.59. The maximum Gasteiger partial charge on any atom is 0.226 e. The van der Waals surface area contributed by atoms with E-state index in [4.69, 9.17) is 0 Å². The molecule has 0 radical (unpaired) electrons. The number of anilines is 1. The largest absolute Gasteiger partial charge is 0.356 e. The lowest BCUT2D eigenvalue weighted by Crippen LogP contribution is -2.40. The molecule has 2 N–H and O–H groups in total. The first-order valence-corrected chi connectivity index (χ1v) is 9.28. The molecule has 26 heavy (non-hydrogen) atoms. The van der Waals surface area contributed by atoms with E-state index >= 15 is 0 Å². The van der Waals surface area contributed by atoms with Gasteiger partial charge in [0.05, 0.1) is 6.54 Å². The van der Waals surface area contributed by atoms with Gasteiger partial charge in [-0.2, -0.15) is 0 Å². The van der Waals surface area contributed by atoms with Crippen molar-refractivity contribution in [1.82, 2.24) is 14.8 Å². The number of nitrogens with zero attached hydrogens (tertiary/aromatic N) is 3. The van der Waals surface area contributed by atoms with Gasteiger partial charge in [-0.15, -0.1) is 0 Å². The highest BCUT2D eigenvalue weighted by Crippen LogP contribution is 2.20. The molecule has 0 bridgehead atoms. The number of aromatic nitrogens is 1. The predicted molar refractivity (Wildman–Crippen MR) is 110 cm³/mol. The number of carbonyl (C=O) groups excluding carboxylic acids is 1. The second-order valence-electron chi connectivity index (χ2n) is 6.20. The standard InChI is InChI=1S/C19H26BrN5O/c1-14-7-8-15(20)12-17(14)23-18(26)9-10-22-19(21-2)25(4)13-16-6-5-11-24(16)3/h5-8,11-12H,9-10,13H2,1-4H3,(H,21,22)(H,23,26). The van der Waals surface area contributed by atoms with Crippen LogP contribution in [0, 0.1) is 6.92 Å². The van der Waals surface area contributed by atoms with E-state index in [1.165, 1.54) is 5.69 Å². The first-order chi connectivity index (χ1) is 12.4. The molecule has 7 heteroatoms. The first-order valence-electron chi connectivity index (χ1n) is 8.48. The molecule has 1 aromatic carbocycles. The van der Waals surface area contributed by atoms with Gasteiger partial charge in [0.1, 0.15) is 0 Å². The zero-order valence-corrected chi connectivity index (χ0v) is 17.3. The molecular weight excluding hydrogens is 394 g/mol. The monoisotopic (exact) mass is 419 g/mol. The number of aliphatic imine (C=N–C) groups is 1. The minimum absolute atomic E-state index is 0.0285. The van der Waals surface area contributed by atoms with E-state index in [2.05, 4.69) is 42.2 Å². The SMILES string of the molecule is CN=C(NCCC(=O)Nc1cc(Br)ccc1C)N(C)Cc1cccn1C. The highest BCUT2D eigenvalue weighted by atomic mass is 79.9. The molecule has 0 saturated carbocycles. The summed E-state index contributed by atoms with van der Waals surface area (Å²) in [7, 11) is 5.75. The van der Waals surface area contributed by atoms with Crippen LogP contribution in [-0.4, -0.2) is 42.0 Å². The summed E-state index contributed by atoms with van der Waals surface area (Å²) in [6.45, 7) is 3.23. The van der Waals surface area contributed by atoms with Crippen LogP contribution in [0.3, 0.4) is 0 Å². The molecule has 0 aliphatic rings. The summed E-state index contributed by atoms with van der Waals surface area (Å²) < 4.78 is 3.02. The van der Waals surface area contributed by atoms with Gasteiger partial charge in [0.15, 0.2) is 5.96 Å². The molecule has 1 heterocycles. The Labute approximate surface area is 163 Å². The normalized spacial score (nSPS) is 11.3. The number of amides is 1. The number of carbonyl (C=O) groups is 1. The van der Waals surface area contributed by atoms with Crippen LogP contribution in [0.2, 0.25) is 0 Å². The van der Waals surface area contributed by atoms with Gasteiger partial charge in [-0.1, -0.05) is 22.0 Å². The topological polar surface area (TPSA) is 61.7 Å². The second kappa shape index (κ2) is 9.43. The summed E-state index contributed by atoms with van der Waals surface area (Å²) in [5, 5.41) is 6.19. The summed E-state index contributed by atoms with van der Waals surface area (Å²) in [5.74, 6) is 0.733. The van der Waals surface area contributed by atoms with E-state index in [0.29, 0.717) is 13.0 Å². The molecule has 0 spiro atoms. The average molecular weight is 420 g/mol. The highest BCUT2D eigenvalue weighted by molar-refractivity contribution is 9.10. The summed E-state index contributed by atoms with van der Waals surface area (Å²) in [4.78, 5) is 18.5. The molecule has 0 fully saturated rings. The van der Waals surface area contributed by atoms with Gasteiger partial charge in [-0.3, -0.25) is 9.79 Å². The van der Waals surface area contributed by atoms with Crippen molar-refractivity contribution in [2.75, 3.05) is 26.0 Å². The minimum Gasteiger partial charge on any atom is -0.356 e. The molecule has 0 saturated heterocycles. The lowest BCUT2D eigenvalue weighted by Gasteiger charge is -2.22. The van der Waals surface area contributed by atoms with E-state index < -0.39 is 0 Å². The number of guanidine groups is 1. The van der Waals surface area contributed by atoms with Crippen molar-refractivity contribution in [3.63, 3.8) is 0 Å². The Morgan fingerprint density at radius 2 is 2.12 bits per heavy atom. The van der Waals surface area contributed by atoms with Crippen LogP contribution in [0.15, 0.2) is 46.0 Å². The predicted octanol–water partition coefficient (Wildman–Crippen LogP) is 3.13. The molecule has 1 amide bonds. The van der Waals surface area contributed by atoms with E-state index in [9.17, 15) is 4.79 Å². The van der Waals surface area contributed by atoms with Crippen molar-refractivity contribution < 1.29 is 4.79 Å². The number of rotatable bonds is 6. The van der Waals surface area contributed by atoms with Crippen LogP contribution in [0.4, 0.5) is 5.69 Å². The maximum absolute atomic E-state index is 12.2. The van der Waals surface area contributed by atoms with Crippen LogP contribution < -0.4 is 10.6 Å². The van der Waals surface area contributed by atoms with Gasteiger partial charge < -0.3 is 20.1 Å². The summed E-state index contributed by atoms with van der Waals surface area (Å²) >= 11 is 3.43. The summed E-state index contributed by atoms with van der Waals surface area (Å²) in [5.41, 5.74) is 3.06. The van der Waals surface area contributed by atoms with E-state index in [1.807, 2.05) is 56.4 Å². The lowest BCUT2D eigenvalue weighted by molar-refractivity contribution is -0.116. The Balaban J connectivity index is 1.82. The van der Waals surface area contributed by atoms with Crippen LogP contribution in [0.25, 0.3) is 0 Å². The summed E-state index contributed by atoms with van der Waals surface area (Å²) in [6.07, 6.45) is 2.39. The molecule has 140 valence electrons. The third-order valence-electron chi connectivity index (χ3n) is 4.13. The number of halogens is 1. The Hall–Kier alpha value is -2.28. The Bertz CT molecular complexity index is 784. The lowest BCUT2D eigenvalue weighted by atomic mass is 10.2. The number of aryl methyl sites for hydroxylation is 2. The van der Waals surface area contributed by atoms with Crippen LogP contribution >= 0.6 is 15.9 Å². The third kappa shape index (κ3) is 5.62. The van der Waals surface area contributed by atoms with Gasteiger partial charge in [0.2, 0.25) is 5.91 Å². The van der Waals surface area contributed by atoms with E-state index in [1.54, 1.807) is 7.05 Å². The zero-order valence-electron chi connectivity index (χ0n) is 15.7. The maximum atomic E-state index is 12.2. The fraction of sp³-hybridized carbons (Fsp3) is 0.368. The second-order valence-corrected chi connectivity index (χ2v) is 7.11. The number of nitrogens with one attached hydrogen (secondary N) is 2. The van der Waals surface area contributed by atoms with Crippen molar-refractivity contribution in [3.05, 3.63) is 52.3 Å². The quantitative estimate of drug-likeness (QED) is 0.558. The van der Waals surface area contributed by atoms with Gasteiger partial charge in [0, 0.05) is 56.2 Å². The van der Waals surface area contributed by atoms with Crippen molar-refractivity contribution in [1.29, 1.82) is 0 Å². The molecule has 2 rings (SSSR count). The van der Waals surface area contributed by atoms with Gasteiger partial charge in [-0.05, 0) is 36.8 Å². The summed E-state index contributed by atoms with van der Waals surface area (Å²) in [6, 6.07) is 9.94. The average Bonchev–Trinajstić information content (AvgIpc) is 2.99. The molecular formula is C19H26BrN5O. The Morgan fingerprint density at radius 3 is 2.77 bits per heavy atom. The molecule has 0 aliphatic heterocycles. The van der Waals surface area contributed by atoms with Gasteiger partial charge in [0.25, 0.3) is 0 Å². The van der Waals surface area contributed by atoms with Crippen LogP contribution in [0.1, 0.15) is 17.7 Å². The minimum atomic E-state index is -0.0285. The zero-order chi connectivity index (χ0) is 19.1. The molecule has 0 aliphatic carbocycles. The number of hydrogen-bond donors (Lipinski definition) is 2. The molecule has 6 nitrogen and oxygen atoms in total. The van der Waals surface area contributed by atoms with Crippen molar-refractivity contribution in [3.8, 4) is 0 Å². The number of hydrogen-bond acceptors (Lipinski definition) is 2. The Kier molecular flexibility index (Phi) is 7.26. The molecule has 0 atom stereocenters. The van der Waals surface area contributed by atoms with Crippen LogP contribution in [-0.2, 0) is 18.4 Å². The van der Waals surface area contributed by atoms with Crippen molar-refractivity contribution in [2.45, 2.75) is 19.9 Å². The molecule has 2 aromatic rings. The van der Waals surface area contributed by atoms with E-state index in [-0.39, 0.29) is 5.91 Å². The smallest absolute Gasteiger partial charge is 0.226 e. The molecule has 1 aromatic heterocycles. The van der Waals surface area contributed by atoms with Crippen molar-refractivity contribution >= 4 is 33.5 Å². The van der Waals surface area contributed by atoms with E-state index in [0.717, 1.165) is 28.2 Å².